The van der Waals surface area contributed by atoms with Gasteiger partial charge in [-0.05, 0) is 30.9 Å². The summed E-state index contributed by atoms with van der Waals surface area (Å²) in [5.74, 6) is -0.574. The van der Waals surface area contributed by atoms with Crippen LogP contribution in [0.25, 0.3) is 0 Å². The van der Waals surface area contributed by atoms with Crippen LogP contribution in [0.5, 0.6) is 0 Å². The number of unbranched alkanes of at least 4 members (excludes halogenated alkanes) is 3. The second-order valence-corrected chi connectivity index (χ2v) is 6.74. The van der Waals surface area contributed by atoms with Crippen LogP contribution in [0.1, 0.15) is 50.5 Å². The Morgan fingerprint density at radius 2 is 1.85 bits per heavy atom. The highest BCUT2D eigenvalue weighted by molar-refractivity contribution is 5.91. The van der Waals surface area contributed by atoms with Gasteiger partial charge in [0, 0.05) is 25.8 Å². The number of carbonyl (C=O) groups excluding carboxylic acids is 2. The molecule has 0 unspecified atom stereocenters. The summed E-state index contributed by atoms with van der Waals surface area (Å²) < 4.78 is 0. The second kappa shape index (κ2) is 10.5. The first-order chi connectivity index (χ1) is 12.6. The molecule has 1 aliphatic heterocycles. The number of allylic oxidation sites excluding steroid dienone is 1. The fourth-order valence-electron chi connectivity index (χ4n) is 3.23. The highest BCUT2D eigenvalue weighted by Crippen LogP contribution is 2.21. The lowest BCUT2D eigenvalue weighted by Crippen LogP contribution is -2.32. The fourth-order valence-corrected chi connectivity index (χ4v) is 3.23. The average Bonchev–Trinajstić information content (AvgIpc) is 2.97. The van der Waals surface area contributed by atoms with Gasteiger partial charge in [0.05, 0.1) is 6.04 Å². The summed E-state index contributed by atoms with van der Waals surface area (Å²) in [5.41, 5.74) is 0.989. The van der Waals surface area contributed by atoms with Crippen molar-refractivity contribution in [3.63, 3.8) is 0 Å². The van der Waals surface area contributed by atoms with Gasteiger partial charge in [-0.15, -0.1) is 0 Å². The van der Waals surface area contributed by atoms with Crippen LogP contribution in [-0.4, -0.2) is 40.3 Å². The van der Waals surface area contributed by atoms with Gasteiger partial charge >= 0.3 is 5.97 Å². The van der Waals surface area contributed by atoms with Crippen molar-refractivity contribution in [1.82, 2.24) is 4.90 Å². The lowest BCUT2D eigenvalue weighted by atomic mass is 10.1. The number of carboxylic acids is 1. The van der Waals surface area contributed by atoms with E-state index in [0.29, 0.717) is 25.8 Å². The number of hydrogen-bond acceptors (Lipinski definition) is 3. The van der Waals surface area contributed by atoms with E-state index in [1.54, 1.807) is 6.08 Å². The van der Waals surface area contributed by atoms with Crippen molar-refractivity contribution in [1.29, 1.82) is 0 Å². The van der Waals surface area contributed by atoms with Crippen LogP contribution >= 0.6 is 0 Å². The summed E-state index contributed by atoms with van der Waals surface area (Å²) >= 11 is 0. The Labute approximate surface area is 154 Å². The minimum atomic E-state index is -0.759. The highest BCUT2D eigenvalue weighted by atomic mass is 16.4. The number of benzene rings is 1. The number of hydrogen-bond donors (Lipinski definition) is 1. The number of carbonyl (C=O) groups is 3. The molecule has 0 bridgehead atoms. The van der Waals surface area contributed by atoms with Crippen LogP contribution in [0.3, 0.4) is 0 Å². The van der Waals surface area contributed by atoms with Crippen molar-refractivity contribution in [3.05, 3.63) is 48.0 Å². The molecule has 1 aromatic rings. The number of ketones is 1. The van der Waals surface area contributed by atoms with Gasteiger partial charge in [-0.3, -0.25) is 14.4 Å². The van der Waals surface area contributed by atoms with Gasteiger partial charge in [0.15, 0.2) is 5.78 Å². The van der Waals surface area contributed by atoms with Gasteiger partial charge in [0.2, 0.25) is 5.91 Å². The van der Waals surface area contributed by atoms with E-state index in [1.807, 2.05) is 41.3 Å². The van der Waals surface area contributed by atoms with Gasteiger partial charge in [-0.2, -0.15) is 0 Å². The lowest BCUT2D eigenvalue weighted by Gasteiger charge is -2.22. The molecular weight excluding hydrogens is 330 g/mol. The van der Waals surface area contributed by atoms with Gasteiger partial charge in [0.1, 0.15) is 0 Å². The van der Waals surface area contributed by atoms with E-state index in [0.717, 1.165) is 31.2 Å². The smallest absolute Gasteiger partial charge is 0.303 e. The van der Waals surface area contributed by atoms with Gasteiger partial charge in [0.25, 0.3) is 0 Å². The summed E-state index contributed by atoms with van der Waals surface area (Å²) in [5, 5.41) is 8.62. The molecule has 140 valence electrons. The molecule has 1 aromatic carbocycles. The Morgan fingerprint density at radius 3 is 2.58 bits per heavy atom. The monoisotopic (exact) mass is 357 g/mol. The van der Waals surface area contributed by atoms with Crippen LogP contribution in [0.15, 0.2) is 42.5 Å². The van der Waals surface area contributed by atoms with Crippen molar-refractivity contribution in [2.24, 2.45) is 0 Å². The first kappa shape index (κ1) is 19.9. The van der Waals surface area contributed by atoms with Crippen molar-refractivity contribution in [2.45, 2.75) is 57.4 Å². The Balaban J connectivity index is 1.75. The van der Waals surface area contributed by atoms with Crippen LogP contribution < -0.4 is 0 Å². The Kier molecular flexibility index (Phi) is 8.06. The molecule has 1 N–H and O–H groups in total. The van der Waals surface area contributed by atoms with E-state index in [2.05, 4.69) is 0 Å². The van der Waals surface area contributed by atoms with Gasteiger partial charge < -0.3 is 10.0 Å². The summed E-state index contributed by atoms with van der Waals surface area (Å²) in [4.78, 5) is 36.5. The largest absolute Gasteiger partial charge is 0.481 e. The third kappa shape index (κ3) is 6.82. The number of rotatable bonds is 11. The van der Waals surface area contributed by atoms with Crippen molar-refractivity contribution in [2.75, 3.05) is 6.54 Å². The normalized spacial score (nSPS) is 17.2. The van der Waals surface area contributed by atoms with E-state index < -0.39 is 5.97 Å². The van der Waals surface area contributed by atoms with E-state index >= 15 is 0 Å². The molecule has 1 atom stereocenters. The zero-order valence-corrected chi connectivity index (χ0v) is 15.1. The molecular formula is C21H27NO4. The van der Waals surface area contributed by atoms with Crippen LogP contribution in [0.4, 0.5) is 0 Å². The Morgan fingerprint density at radius 1 is 1.12 bits per heavy atom. The molecule has 5 nitrogen and oxygen atoms in total. The number of aliphatic carboxylic acids is 1. The molecule has 5 heteroatoms. The number of amides is 1. The minimum Gasteiger partial charge on any atom is -0.481 e. The molecule has 0 aliphatic carbocycles. The first-order valence-corrected chi connectivity index (χ1v) is 9.32. The maximum atomic E-state index is 12.1. The minimum absolute atomic E-state index is 0.00115. The third-order valence-electron chi connectivity index (χ3n) is 4.64. The van der Waals surface area contributed by atoms with Gasteiger partial charge in [-0.1, -0.05) is 49.2 Å². The van der Waals surface area contributed by atoms with E-state index in [4.69, 9.17) is 5.11 Å². The molecule has 2 rings (SSSR count). The van der Waals surface area contributed by atoms with E-state index in [1.165, 1.54) is 0 Å². The third-order valence-corrected chi connectivity index (χ3v) is 4.64. The topological polar surface area (TPSA) is 74.7 Å². The Bertz CT molecular complexity index is 639. The van der Waals surface area contributed by atoms with Gasteiger partial charge in [-0.25, -0.2) is 0 Å². The molecule has 1 amide bonds. The molecule has 1 aliphatic rings. The molecule has 0 aromatic heterocycles. The predicted molar refractivity (Wildman–Crippen MR) is 99.7 cm³/mol. The first-order valence-electron chi connectivity index (χ1n) is 9.32. The quantitative estimate of drug-likeness (QED) is 0.487. The zero-order chi connectivity index (χ0) is 18.8. The van der Waals surface area contributed by atoms with Crippen molar-refractivity contribution in [3.8, 4) is 0 Å². The summed E-state index contributed by atoms with van der Waals surface area (Å²) in [6.45, 7) is 0.674. The number of nitrogens with zero attached hydrogens (tertiary/aromatic N) is 1. The standard InChI is InChI=1S/C21H27NO4/c23-19(16-17-8-4-3-5-9-17)13-11-18-12-14-20(24)22(18)15-7-2-1-6-10-21(25)26/h3-5,8-9,11,13,18H,1-2,6-7,10,12,14-16H2,(H,25,26)/t18-/m1/s1. The van der Waals surface area contributed by atoms with E-state index in [-0.39, 0.29) is 24.2 Å². The van der Waals surface area contributed by atoms with Crippen molar-refractivity contribution < 1.29 is 19.5 Å². The maximum absolute atomic E-state index is 12.1. The molecule has 0 saturated carbocycles. The molecule has 26 heavy (non-hydrogen) atoms. The average molecular weight is 357 g/mol. The van der Waals surface area contributed by atoms with Crippen molar-refractivity contribution >= 4 is 17.7 Å². The zero-order valence-electron chi connectivity index (χ0n) is 15.1. The summed E-state index contributed by atoms with van der Waals surface area (Å²) in [6.07, 6.45) is 8.67. The SMILES string of the molecule is O=C(O)CCCCCCN1C(=O)CC[C@H]1C=CC(=O)Cc1ccccc1. The second-order valence-electron chi connectivity index (χ2n) is 6.74. The summed E-state index contributed by atoms with van der Waals surface area (Å²) in [7, 11) is 0. The molecule has 1 heterocycles. The summed E-state index contributed by atoms with van der Waals surface area (Å²) in [6, 6.07) is 9.62. The van der Waals surface area contributed by atoms with Crippen LogP contribution in [-0.2, 0) is 20.8 Å². The van der Waals surface area contributed by atoms with E-state index in [9.17, 15) is 14.4 Å². The number of carboxylic acid groups (broad SMARTS) is 1. The molecule has 1 fully saturated rings. The maximum Gasteiger partial charge on any atom is 0.303 e. The lowest BCUT2D eigenvalue weighted by molar-refractivity contribution is -0.137. The van der Waals surface area contributed by atoms with Crippen LogP contribution in [0.2, 0.25) is 0 Å². The molecule has 1 saturated heterocycles. The Hall–Kier alpha value is -2.43. The van der Waals surface area contributed by atoms with Crippen LogP contribution in [0, 0.1) is 0 Å². The fraction of sp³-hybridized carbons (Fsp3) is 0.476. The molecule has 0 radical (unpaired) electrons. The highest BCUT2D eigenvalue weighted by Gasteiger charge is 2.28. The molecule has 0 spiro atoms. The number of likely N-dealkylation sites (tertiary alicyclic amines) is 1. The predicted octanol–water partition coefficient (Wildman–Crippen LogP) is 3.38.